The van der Waals surface area contributed by atoms with Gasteiger partial charge in [0, 0.05) is 25.4 Å². The highest BCUT2D eigenvalue weighted by Crippen LogP contribution is 2.31. The van der Waals surface area contributed by atoms with Crippen molar-refractivity contribution in [2.45, 2.75) is 32.4 Å². The van der Waals surface area contributed by atoms with E-state index in [1.807, 2.05) is 13.8 Å². The first-order valence-corrected chi connectivity index (χ1v) is 9.88. The minimum Gasteiger partial charge on any atom is -0.506 e. The number of phenolic OH excluding ortho intramolecular Hbond substituents is 1. The van der Waals surface area contributed by atoms with E-state index in [0.29, 0.717) is 0 Å². The zero-order valence-electron chi connectivity index (χ0n) is 15.6. The summed E-state index contributed by atoms with van der Waals surface area (Å²) in [6, 6.07) is 3.33. The van der Waals surface area contributed by atoms with Gasteiger partial charge in [-0.2, -0.15) is 22.5 Å². The number of nitrogens with zero attached hydrogens (tertiary/aromatic N) is 3. The van der Waals surface area contributed by atoms with Crippen LogP contribution in [0.25, 0.3) is 0 Å². The molecule has 0 saturated carbocycles. The van der Waals surface area contributed by atoms with Gasteiger partial charge < -0.3 is 10.4 Å². The number of nitrogens with one attached hydrogen (secondary N) is 2. The van der Waals surface area contributed by atoms with Crippen LogP contribution in [0.15, 0.2) is 24.4 Å². The Morgan fingerprint density at radius 3 is 2.67 bits per heavy atom. The number of aromatic hydroxyl groups is 1. The predicted molar refractivity (Wildman–Crippen MR) is 100 cm³/mol. The second-order valence-corrected chi connectivity index (χ2v) is 8.52. The third-order valence-electron chi connectivity index (χ3n) is 4.93. The molecular weight excluding hydrogens is 370 g/mol. The maximum absolute atomic E-state index is 12.8. The minimum atomic E-state index is -3.85. The molecular formula is C17H23N5O4S. The second kappa shape index (κ2) is 6.95. The molecule has 3 rings (SSSR count). The van der Waals surface area contributed by atoms with Gasteiger partial charge >= 0.3 is 0 Å². The standard InChI is InChI=1S/C17H23N5O4S/c1-10-5-6-16(23)14(7-10)19-17(24)15-8-13(20-27(25,26)22(15)4)12-9-18-21(3)11(12)2/h5-7,9,13,15,20,23H,8H2,1-4H3,(H,19,24)/t13-,15-/m1/s1. The number of hydrogen-bond acceptors (Lipinski definition) is 5. The molecule has 0 bridgehead atoms. The molecule has 3 N–H and O–H groups in total. The monoisotopic (exact) mass is 393 g/mol. The fourth-order valence-electron chi connectivity index (χ4n) is 3.14. The number of anilines is 1. The molecule has 2 aromatic rings. The van der Waals surface area contributed by atoms with Crippen molar-refractivity contribution in [3.63, 3.8) is 0 Å². The molecule has 1 aliphatic rings. The molecule has 1 fully saturated rings. The number of aromatic nitrogens is 2. The minimum absolute atomic E-state index is 0.0759. The molecule has 0 aliphatic carbocycles. The molecule has 10 heteroatoms. The first-order valence-electron chi connectivity index (χ1n) is 8.44. The van der Waals surface area contributed by atoms with E-state index in [0.717, 1.165) is 21.1 Å². The maximum Gasteiger partial charge on any atom is 0.280 e. The molecule has 1 aromatic heterocycles. The third-order valence-corrected chi connectivity index (χ3v) is 6.52. The lowest BCUT2D eigenvalue weighted by atomic mass is 10.00. The molecule has 2 atom stereocenters. The maximum atomic E-state index is 12.8. The molecule has 1 aromatic carbocycles. The van der Waals surface area contributed by atoms with Gasteiger partial charge in [-0.1, -0.05) is 6.07 Å². The van der Waals surface area contributed by atoms with Crippen molar-refractivity contribution in [1.29, 1.82) is 0 Å². The van der Waals surface area contributed by atoms with E-state index in [4.69, 9.17) is 0 Å². The molecule has 146 valence electrons. The van der Waals surface area contributed by atoms with Gasteiger partial charge in [-0.25, -0.2) is 0 Å². The Kier molecular flexibility index (Phi) is 4.98. The Hall–Kier alpha value is -2.43. The molecule has 2 heterocycles. The zero-order chi connectivity index (χ0) is 19.9. The van der Waals surface area contributed by atoms with E-state index >= 15 is 0 Å². The van der Waals surface area contributed by atoms with Gasteiger partial charge in [0.1, 0.15) is 11.8 Å². The van der Waals surface area contributed by atoms with Crippen molar-refractivity contribution in [3.05, 3.63) is 41.2 Å². The lowest BCUT2D eigenvalue weighted by Crippen LogP contribution is -2.56. The summed E-state index contributed by atoms with van der Waals surface area (Å²) in [5.41, 5.74) is 2.66. The molecule has 1 amide bonds. The number of benzene rings is 1. The number of carbonyl (C=O) groups is 1. The number of likely N-dealkylation sites (N-methyl/N-ethyl adjacent to an activating group) is 1. The van der Waals surface area contributed by atoms with Gasteiger partial charge in [-0.05, 0) is 38.0 Å². The molecule has 0 spiro atoms. The van der Waals surface area contributed by atoms with Gasteiger partial charge in [0.15, 0.2) is 0 Å². The van der Waals surface area contributed by atoms with E-state index in [1.54, 1.807) is 30.1 Å². The van der Waals surface area contributed by atoms with Crippen molar-refractivity contribution >= 4 is 21.8 Å². The summed E-state index contributed by atoms with van der Waals surface area (Å²) < 4.78 is 30.3. The average Bonchev–Trinajstić information content (AvgIpc) is 2.92. The van der Waals surface area contributed by atoms with Crippen LogP contribution in [-0.4, -0.2) is 46.6 Å². The van der Waals surface area contributed by atoms with E-state index < -0.39 is 28.2 Å². The van der Waals surface area contributed by atoms with Crippen LogP contribution in [0.3, 0.4) is 0 Å². The predicted octanol–water partition coefficient (Wildman–Crippen LogP) is 0.961. The molecule has 0 radical (unpaired) electrons. The summed E-state index contributed by atoms with van der Waals surface area (Å²) in [5.74, 6) is -0.580. The number of carbonyl (C=O) groups excluding carboxylic acids is 1. The van der Waals surface area contributed by atoms with Gasteiger partial charge in [0.25, 0.3) is 10.2 Å². The Labute approximate surface area is 158 Å². The first-order chi connectivity index (χ1) is 12.6. The number of phenols is 1. The number of hydrogen-bond donors (Lipinski definition) is 3. The SMILES string of the molecule is Cc1ccc(O)c(NC(=O)[C@H]2C[C@H](c3cnn(C)c3C)NS(=O)(=O)N2C)c1. The summed E-state index contributed by atoms with van der Waals surface area (Å²) in [6.07, 6.45) is 1.84. The first kappa shape index (κ1) is 19.3. The topological polar surface area (TPSA) is 117 Å². The Morgan fingerprint density at radius 1 is 1.33 bits per heavy atom. The van der Waals surface area contributed by atoms with Gasteiger partial charge in [-0.15, -0.1) is 0 Å². The molecule has 9 nitrogen and oxygen atoms in total. The van der Waals surface area contributed by atoms with Gasteiger partial charge in [0.2, 0.25) is 5.91 Å². The Morgan fingerprint density at radius 2 is 2.04 bits per heavy atom. The number of amides is 1. The third kappa shape index (κ3) is 3.68. The van der Waals surface area contributed by atoms with Crippen LogP contribution in [0.5, 0.6) is 5.75 Å². The fourth-order valence-corrected chi connectivity index (χ4v) is 4.40. The molecule has 0 unspecified atom stereocenters. The average molecular weight is 393 g/mol. The lowest BCUT2D eigenvalue weighted by Gasteiger charge is -2.36. The zero-order valence-corrected chi connectivity index (χ0v) is 16.4. The van der Waals surface area contributed by atoms with E-state index in [-0.39, 0.29) is 17.9 Å². The summed E-state index contributed by atoms with van der Waals surface area (Å²) in [6.45, 7) is 3.67. The Balaban J connectivity index is 1.89. The van der Waals surface area contributed by atoms with Crippen LogP contribution in [0.2, 0.25) is 0 Å². The Bertz CT molecular complexity index is 985. The summed E-state index contributed by atoms with van der Waals surface area (Å²) in [5, 5.41) is 16.7. The number of aryl methyl sites for hydroxylation is 2. The molecule has 1 aliphatic heterocycles. The van der Waals surface area contributed by atoms with Crippen molar-refractivity contribution in [3.8, 4) is 5.75 Å². The van der Waals surface area contributed by atoms with Crippen LogP contribution in [0, 0.1) is 13.8 Å². The fraction of sp³-hybridized carbons (Fsp3) is 0.412. The highest BCUT2D eigenvalue weighted by atomic mass is 32.2. The highest BCUT2D eigenvalue weighted by molar-refractivity contribution is 7.87. The van der Waals surface area contributed by atoms with E-state index in [2.05, 4.69) is 15.1 Å². The summed E-state index contributed by atoms with van der Waals surface area (Å²) in [4.78, 5) is 12.8. The lowest BCUT2D eigenvalue weighted by molar-refractivity contribution is -0.120. The van der Waals surface area contributed by atoms with Crippen LogP contribution >= 0.6 is 0 Å². The smallest absolute Gasteiger partial charge is 0.280 e. The second-order valence-electron chi connectivity index (χ2n) is 6.76. The highest BCUT2D eigenvalue weighted by Gasteiger charge is 2.41. The van der Waals surface area contributed by atoms with Crippen LogP contribution in [0.1, 0.15) is 29.3 Å². The number of rotatable bonds is 3. The van der Waals surface area contributed by atoms with Crippen molar-refractivity contribution in [2.24, 2.45) is 7.05 Å². The van der Waals surface area contributed by atoms with E-state index in [1.165, 1.54) is 13.1 Å². The van der Waals surface area contributed by atoms with Crippen molar-refractivity contribution in [2.75, 3.05) is 12.4 Å². The van der Waals surface area contributed by atoms with Crippen LogP contribution in [0.4, 0.5) is 5.69 Å². The van der Waals surface area contributed by atoms with Crippen LogP contribution in [-0.2, 0) is 22.1 Å². The normalized spacial score (nSPS) is 22.5. The largest absolute Gasteiger partial charge is 0.506 e. The summed E-state index contributed by atoms with van der Waals surface area (Å²) in [7, 11) is -0.721. The molecule has 1 saturated heterocycles. The quantitative estimate of drug-likeness (QED) is 0.672. The van der Waals surface area contributed by atoms with Crippen molar-refractivity contribution < 1.29 is 18.3 Å². The summed E-state index contributed by atoms with van der Waals surface area (Å²) >= 11 is 0. The van der Waals surface area contributed by atoms with Gasteiger partial charge in [-0.3, -0.25) is 9.48 Å². The van der Waals surface area contributed by atoms with Crippen molar-refractivity contribution in [1.82, 2.24) is 18.8 Å². The molecule has 27 heavy (non-hydrogen) atoms. The van der Waals surface area contributed by atoms with Crippen LogP contribution < -0.4 is 10.0 Å². The van der Waals surface area contributed by atoms with Gasteiger partial charge in [0.05, 0.1) is 17.9 Å². The van der Waals surface area contributed by atoms with E-state index in [9.17, 15) is 18.3 Å².